The lowest BCUT2D eigenvalue weighted by Gasteiger charge is -2.14. The Morgan fingerprint density at radius 1 is 0.211 bits per heavy atom. The van der Waals surface area contributed by atoms with E-state index in [1.165, 1.54) is 76.1 Å². The molecule has 0 unspecified atom stereocenters. The van der Waals surface area contributed by atoms with Crippen LogP contribution in [0.25, 0.3) is 76.1 Å². The van der Waals surface area contributed by atoms with Crippen LogP contribution in [0, 0.1) is 0 Å². The number of benzene rings is 8. The molecule has 0 radical (unpaired) electrons. The maximum Gasteiger partial charge on any atom is -0.00928 e. The van der Waals surface area contributed by atoms with Crippen LogP contribution in [0.3, 0.4) is 0 Å². The first-order chi connectivity index (χ1) is 18.8. The molecule has 0 aliphatic heterocycles. The molecule has 0 aliphatic carbocycles. The fraction of sp³-hybridized carbons (Fsp3) is 0. The topological polar surface area (TPSA) is 0 Å². The van der Waals surface area contributed by atoms with Crippen molar-refractivity contribution in [1.29, 1.82) is 0 Å². The van der Waals surface area contributed by atoms with Gasteiger partial charge in [0.1, 0.15) is 0 Å². The molecule has 8 aromatic rings. The summed E-state index contributed by atoms with van der Waals surface area (Å²) < 4.78 is 0. The summed E-state index contributed by atoms with van der Waals surface area (Å²) in [7, 11) is 0. The van der Waals surface area contributed by atoms with Crippen LogP contribution in [-0.2, 0) is 0 Å². The fourth-order valence-electron chi connectivity index (χ4n) is 6.05. The summed E-state index contributed by atoms with van der Waals surface area (Å²) in [6.45, 7) is 0. The quantitative estimate of drug-likeness (QED) is 0.216. The number of rotatable bonds is 2. The SMILES string of the molecule is c1ccc2cc(-c3ccc4c5ccc(-c6ccc7ccccc7c6)cc5c5ccccc5c4c3)ccc2c1. The van der Waals surface area contributed by atoms with Gasteiger partial charge in [-0.25, -0.2) is 0 Å². The second kappa shape index (κ2) is 8.30. The first kappa shape index (κ1) is 21.2. The van der Waals surface area contributed by atoms with Crippen molar-refractivity contribution in [3.8, 4) is 22.3 Å². The minimum atomic E-state index is 1.25. The summed E-state index contributed by atoms with van der Waals surface area (Å²) >= 11 is 0. The molecule has 0 bridgehead atoms. The van der Waals surface area contributed by atoms with Gasteiger partial charge in [0.25, 0.3) is 0 Å². The van der Waals surface area contributed by atoms with E-state index in [0.717, 1.165) is 0 Å². The molecule has 0 aliphatic rings. The van der Waals surface area contributed by atoms with E-state index in [1.807, 2.05) is 0 Å². The average Bonchev–Trinajstić information content (AvgIpc) is 3.00. The molecule has 0 N–H and O–H groups in total. The minimum Gasteiger partial charge on any atom is -0.0616 e. The predicted molar refractivity (Wildman–Crippen MR) is 165 cm³/mol. The Kier molecular flexibility index (Phi) is 4.62. The fourth-order valence-corrected chi connectivity index (χ4v) is 6.05. The Morgan fingerprint density at radius 3 is 1.03 bits per heavy atom. The highest BCUT2D eigenvalue weighted by molar-refractivity contribution is 6.26. The third kappa shape index (κ3) is 3.31. The maximum absolute atomic E-state index is 2.37. The summed E-state index contributed by atoms with van der Waals surface area (Å²) in [6, 6.07) is 53.4. The molecule has 0 fully saturated rings. The summed E-state index contributed by atoms with van der Waals surface area (Å²) in [5, 5.41) is 12.9. The van der Waals surface area contributed by atoms with Crippen molar-refractivity contribution in [3.05, 3.63) is 146 Å². The van der Waals surface area contributed by atoms with Gasteiger partial charge in [0.05, 0.1) is 0 Å². The Labute approximate surface area is 221 Å². The third-order valence-electron chi connectivity index (χ3n) is 8.00. The van der Waals surface area contributed by atoms with E-state index in [-0.39, 0.29) is 0 Å². The molecule has 8 rings (SSSR count). The lowest BCUT2D eigenvalue weighted by atomic mass is 9.90. The van der Waals surface area contributed by atoms with Gasteiger partial charge >= 0.3 is 0 Å². The molecule has 0 heteroatoms. The van der Waals surface area contributed by atoms with Crippen LogP contribution < -0.4 is 0 Å². The van der Waals surface area contributed by atoms with Crippen LogP contribution in [0.5, 0.6) is 0 Å². The molecular weight excluding hydrogens is 456 g/mol. The number of fused-ring (bicyclic) bond motifs is 8. The molecule has 176 valence electrons. The van der Waals surface area contributed by atoms with Gasteiger partial charge in [0.2, 0.25) is 0 Å². The van der Waals surface area contributed by atoms with E-state index in [2.05, 4.69) is 146 Å². The Morgan fingerprint density at radius 2 is 0.553 bits per heavy atom. The standard InChI is InChI=1S/C38H24/c1-3-9-27-21-29(15-13-25(27)7-1)31-17-19-35-36-20-18-32(30-16-14-26-8-2-4-10-28(26)22-30)24-38(36)34-12-6-5-11-33(34)37(35)23-31/h1-24H. The molecule has 0 saturated carbocycles. The van der Waals surface area contributed by atoms with E-state index in [9.17, 15) is 0 Å². The van der Waals surface area contributed by atoms with Gasteiger partial charge in [-0.3, -0.25) is 0 Å². The average molecular weight is 481 g/mol. The van der Waals surface area contributed by atoms with E-state index >= 15 is 0 Å². The smallest absolute Gasteiger partial charge is 0.00928 e. The van der Waals surface area contributed by atoms with Crippen LogP contribution in [-0.4, -0.2) is 0 Å². The highest BCUT2D eigenvalue weighted by atomic mass is 14.2. The highest BCUT2D eigenvalue weighted by Crippen LogP contribution is 2.39. The van der Waals surface area contributed by atoms with E-state index in [1.54, 1.807) is 0 Å². The molecule has 0 atom stereocenters. The first-order valence-electron chi connectivity index (χ1n) is 13.2. The van der Waals surface area contributed by atoms with Crippen LogP contribution in [0.2, 0.25) is 0 Å². The molecule has 0 amide bonds. The van der Waals surface area contributed by atoms with E-state index in [0.29, 0.717) is 0 Å². The number of hydrogen-bond acceptors (Lipinski definition) is 0. The molecule has 0 spiro atoms. The van der Waals surface area contributed by atoms with Crippen molar-refractivity contribution in [2.45, 2.75) is 0 Å². The lowest BCUT2D eigenvalue weighted by molar-refractivity contribution is 1.67. The van der Waals surface area contributed by atoms with Crippen LogP contribution in [0.15, 0.2) is 146 Å². The maximum atomic E-state index is 2.37. The van der Waals surface area contributed by atoms with Crippen LogP contribution in [0.1, 0.15) is 0 Å². The number of hydrogen-bond donors (Lipinski definition) is 0. The van der Waals surface area contributed by atoms with E-state index < -0.39 is 0 Å². The minimum absolute atomic E-state index is 1.25. The monoisotopic (exact) mass is 480 g/mol. The van der Waals surface area contributed by atoms with Crippen LogP contribution in [0.4, 0.5) is 0 Å². The molecule has 0 saturated heterocycles. The second-order valence-electron chi connectivity index (χ2n) is 10.2. The summed E-state index contributed by atoms with van der Waals surface area (Å²) in [6.07, 6.45) is 0. The summed E-state index contributed by atoms with van der Waals surface area (Å²) in [5.41, 5.74) is 5.00. The normalized spacial score (nSPS) is 11.7. The van der Waals surface area contributed by atoms with Crippen molar-refractivity contribution in [2.75, 3.05) is 0 Å². The Hall–Kier alpha value is -4.94. The Balaban J connectivity index is 1.35. The molecule has 8 aromatic carbocycles. The van der Waals surface area contributed by atoms with Crippen molar-refractivity contribution in [1.82, 2.24) is 0 Å². The Bertz CT molecular complexity index is 2000. The van der Waals surface area contributed by atoms with Crippen molar-refractivity contribution >= 4 is 53.9 Å². The van der Waals surface area contributed by atoms with Gasteiger partial charge in [0, 0.05) is 0 Å². The zero-order valence-corrected chi connectivity index (χ0v) is 20.9. The lowest BCUT2D eigenvalue weighted by Crippen LogP contribution is -1.87. The molecule has 0 aromatic heterocycles. The zero-order chi connectivity index (χ0) is 25.1. The highest BCUT2D eigenvalue weighted by Gasteiger charge is 2.12. The summed E-state index contributed by atoms with van der Waals surface area (Å²) in [4.78, 5) is 0. The summed E-state index contributed by atoms with van der Waals surface area (Å²) in [5.74, 6) is 0. The molecule has 0 heterocycles. The largest absolute Gasteiger partial charge is 0.0616 e. The van der Waals surface area contributed by atoms with Gasteiger partial charge in [-0.05, 0) is 100 Å². The van der Waals surface area contributed by atoms with Crippen molar-refractivity contribution in [2.24, 2.45) is 0 Å². The predicted octanol–water partition coefficient (Wildman–Crippen LogP) is 10.8. The first-order valence-corrected chi connectivity index (χ1v) is 13.2. The van der Waals surface area contributed by atoms with Crippen molar-refractivity contribution < 1.29 is 0 Å². The van der Waals surface area contributed by atoms with Gasteiger partial charge in [0.15, 0.2) is 0 Å². The second-order valence-corrected chi connectivity index (χ2v) is 10.2. The van der Waals surface area contributed by atoms with Crippen molar-refractivity contribution in [3.63, 3.8) is 0 Å². The third-order valence-corrected chi connectivity index (χ3v) is 8.00. The molecule has 38 heavy (non-hydrogen) atoms. The molecule has 0 nitrogen and oxygen atoms in total. The van der Waals surface area contributed by atoms with Gasteiger partial charge < -0.3 is 0 Å². The van der Waals surface area contributed by atoms with Crippen LogP contribution >= 0.6 is 0 Å². The van der Waals surface area contributed by atoms with Gasteiger partial charge in [-0.2, -0.15) is 0 Å². The zero-order valence-electron chi connectivity index (χ0n) is 20.9. The van der Waals surface area contributed by atoms with E-state index in [4.69, 9.17) is 0 Å². The van der Waals surface area contributed by atoms with Gasteiger partial charge in [-0.1, -0.05) is 121 Å². The van der Waals surface area contributed by atoms with Gasteiger partial charge in [-0.15, -0.1) is 0 Å². The molecular formula is C38H24.